The van der Waals surface area contributed by atoms with Crippen molar-refractivity contribution in [2.24, 2.45) is 5.92 Å². The lowest BCUT2D eigenvalue weighted by atomic mass is 10.1. The van der Waals surface area contributed by atoms with Crippen molar-refractivity contribution in [1.82, 2.24) is 9.80 Å². The number of nitrogens with zero attached hydrogens (tertiary/aromatic N) is 2. The van der Waals surface area contributed by atoms with Crippen LogP contribution in [0.3, 0.4) is 0 Å². The summed E-state index contributed by atoms with van der Waals surface area (Å²) in [7, 11) is 1.57. The average Bonchev–Trinajstić information content (AvgIpc) is 2.87. The van der Waals surface area contributed by atoms with Gasteiger partial charge < -0.3 is 10.1 Å². The Morgan fingerprint density at radius 2 is 1.90 bits per heavy atom. The lowest BCUT2D eigenvalue weighted by molar-refractivity contribution is -0.274. The van der Waals surface area contributed by atoms with E-state index in [1.165, 1.54) is 21.9 Å². The van der Waals surface area contributed by atoms with E-state index in [4.69, 9.17) is 0 Å². The molecule has 1 aliphatic heterocycles. The van der Waals surface area contributed by atoms with E-state index in [1.807, 2.05) is 13.8 Å². The Kier molecular flexibility index (Phi) is 7.23. The van der Waals surface area contributed by atoms with E-state index in [9.17, 15) is 27.6 Å². The van der Waals surface area contributed by atoms with Gasteiger partial charge in [-0.15, -0.1) is 13.2 Å². The van der Waals surface area contributed by atoms with E-state index in [1.54, 1.807) is 7.05 Å². The van der Waals surface area contributed by atoms with E-state index >= 15 is 0 Å². The molecule has 1 saturated heterocycles. The van der Waals surface area contributed by atoms with Crippen LogP contribution in [0.4, 0.5) is 18.9 Å². The summed E-state index contributed by atoms with van der Waals surface area (Å²) in [6.07, 6.45) is -4.06. The quantitative estimate of drug-likeness (QED) is 0.661. The normalized spacial score (nSPS) is 17.4. The van der Waals surface area contributed by atoms with Gasteiger partial charge in [-0.05, 0) is 43.7 Å². The maximum Gasteiger partial charge on any atom is 0.573 e. The first kappa shape index (κ1) is 22.7. The van der Waals surface area contributed by atoms with Crippen LogP contribution >= 0.6 is 0 Å². The molecule has 1 aromatic carbocycles. The Morgan fingerprint density at radius 1 is 1.28 bits per heavy atom. The number of anilines is 1. The minimum atomic E-state index is -4.79. The highest BCUT2D eigenvalue weighted by Crippen LogP contribution is 2.24. The standard InChI is InChI=1S/C19H24F3N3O4/c1-12(2)8-9-25-17(27)10-15(18(25)28)24(3)11-16(26)23-13-4-6-14(7-5-13)29-19(20,21)22/h4-7,12,15H,8-11H2,1-3H3,(H,23,26)/t15-/m1/s1. The van der Waals surface area contributed by atoms with Crippen molar-refractivity contribution in [3.05, 3.63) is 24.3 Å². The molecule has 1 aromatic rings. The van der Waals surface area contributed by atoms with Gasteiger partial charge in [0.25, 0.3) is 0 Å². The van der Waals surface area contributed by atoms with Crippen molar-refractivity contribution in [3.8, 4) is 5.75 Å². The molecular weight excluding hydrogens is 391 g/mol. The van der Waals surface area contributed by atoms with Crippen LogP contribution < -0.4 is 10.1 Å². The number of rotatable bonds is 8. The Labute approximate surface area is 166 Å². The van der Waals surface area contributed by atoms with E-state index in [0.717, 1.165) is 12.1 Å². The molecular formula is C19H24F3N3O4. The average molecular weight is 415 g/mol. The highest BCUT2D eigenvalue weighted by molar-refractivity contribution is 6.05. The number of likely N-dealkylation sites (N-methyl/N-ethyl adjacent to an activating group) is 1. The number of carbonyl (C=O) groups is 3. The molecule has 0 bridgehead atoms. The number of benzene rings is 1. The summed E-state index contributed by atoms with van der Waals surface area (Å²) in [5.74, 6) is -1.08. The fraction of sp³-hybridized carbons (Fsp3) is 0.526. The van der Waals surface area contributed by atoms with Gasteiger partial charge in [0, 0.05) is 12.2 Å². The van der Waals surface area contributed by atoms with Gasteiger partial charge in [0.15, 0.2) is 0 Å². The van der Waals surface area contributed by atoms with E-state index < -0.39 is 24.1 Å². The highest BCUT2D eigenvalue weighted by Gasteiger charge is 2.40. The molecule has 0 saturated carbocycles. The first-order valence-corrected chi connectivity index (χ1v) is 9.16. The second kappa shape index (κ2) is 9.25. The second-order valence-electron chi connectivity index (χ2n) is 7.32. The maximum atomic E-state index is 12.5. The van der Waals surface area contributed by atoms with Gasteiger partial charge in [0.2, 0.25) is 17.7 Å². The second-order valence-corrected chi connectivity index (χ2v) is 7.32. The maximum absolute atomic E-state index is 12.5. The van der Waals surface area contributed by atoms with Crippen molar-refractivity contribution in [3.63, 3.8) is 0 Å². The molecule has 3 amide bonds. The van der Waals surface area contributed by atoms with Gasteiger partial charge in [-0.25, -0.2) is 0 Å². The summed E-state index contributed by atoms with van der Waals surface area (Å²) in [5.41, 5.74) is 0.283. The van der Waals surface area contributed by atoms with E-state index in [2.05, 4.69) is 10.1 Å². The molecule has 7 nitrogen and oxygen atoms in total. The summed E-state index contributed by atoms with van der Waals surface area (Å²) < 4.78 is 40.3. The molecule has 10 heteroatoms. The van der Waals surface area contributed by atoms with Crippen LogP contribution in [0.2, 0.25) is 0 Å². The van der Waals surface area contributed by atoms with Crippen molar-refractivity contribution in [2.45, 2.75) is 39.1 Å². The number of amides is 3. The zero-order valence-corrected chi connectivity index (χ0v) is 16.5. The van der Waals surface area contributed by atoms with Crippen LogP contribution in [0.15, 0.2) is 24.3 Å². The zero-order chi connectivity index (χ0) is 21.8. The highest BCUT2D eigenvalue weighted by atomic mass is 19.4. The van der Waals surface area contributed by atoms with Crippen LogP contribution in [0.25, 0.3) is 0 Å². The molecule has 0 aliphatic carbocycles. The number of imide groups is 1. The molecule has 160 valence electrons. The summed E-state index contributed by atoms with van der Waals surface area (Å²) in [4.78, 5) is 39.5. The minimum absolute atomic E-state index is 0.0180. The van der Waals surface area contributed by atoms with Crippen molar-refractivity contribution < 1.29 is 32.3 Å². The fourth-order valence-corrected chi connectivity index (χ4v) is 2.91. The number of halogens is 3. The van der Waals surface area contributed by atoms with Crippen LogP contribution in [0.1, 0.15) is 26.7 Å². The van der Waals surface area contributed by atoms with Gasteiger partial charge in [0.1, 0.15) is 5.75 Å². The number of ether oxygens (including phenoxy) is 1. The number of carbonyl (C=O) groups excluding carboxylic acids is 3. The third-order valence-electron chi connectivity index (χ3n) is 4.45. The van der Waals surface area contributed by atoms with Gasteiger partial charge in [-0.3, -0.25) is 24.2 Å². The van der Waals surface area contributed by atoms with Crippen molar-refractivity contribution in [1.29, 1.82) is 0 Å². The van der Waals surface area contributed by atoms with Gasteiger partial charge >= 0.3 is 6.36 Å². The zero-order valence-electron chi connectivity index (χ0n) is 16.5. The molecule has 0 spiro atoms. The van der Waals surface area contributed by atoms with Gasteiger partial charge in [-0.1, -0.05) is 13.8 Å². The predicted molar refractivity (Wildman–Crippen MR) is 99.0 cm³/mol. The summed E-state index contributed by atoms with van der Waals surface area (Å²) in [5, 5.41) is 2.54. The summed E-state index contributed by atoms with van der Waals surface area (Å²) in [6, 6.07) is 4.01. The summed E-state index contributed by atoms with van der Waals surface area (Å²) in [6.45, 7) is 4.21. The van der Waals surface area contributed by atoms with E-state index in [0.29, 0.717) is 18.9 Å². The SMILES string of the molecule is CC(C)CCN1C(=O)C[C@@H](N(C)CC(=O)Nc2ccc(OC(F)(F)F)cc2)C1=O. The molecule has 0 radical (unpaired) electrons. The van der Waals surface area contributed by atoms with Crippen LogP contribution in [0, 0.1) is 5.92 Å². The molecule has 29 heavy (non-hydrogen) atoms. The third-order valence-corrected chi connectivity index (χ3v) is 4.45. The topological polar surface area (TPSA) is 79.0 Å². The smallest absolute Gasteiger partial charge is 0.406 e. The Morgan fingerprint density at radius 3 is 2.45 bits per heavy atom. The molecule has 1 heterocycles. The van der Waals surface area contributed by atoms with Crippen LogP contribution in [-0.2, 0) is 14.4 Å². The summed E-state index contributed by atoms with van der Waals surface area (Å²) >= 11 is 0. The Bertz CT molecular complexity index is 750. The third kappa shape index (κ3) is 6.74. The number of nitrogens with one attached hydrogen (secondary N) is 1. The molecule has 1 N–H and O–H groups in total. The lowest BCUT2D eigenvalue weighted by Gasteiger charge is -2.22. The molecule has 2 rings (SSSR count). The molecule has 1 fully saturated rings. The van der Waals surface area contributed by atoms with Crippen molar-refractivity contribution >= 4 is 23.4 Å². The van der Waals surface area contributed by atoms with Crippen molar-refractivity contribution in [2.75, 3.05) is 25.5 Å². The lowest BCUT2D eigenvalue weighted by Crippen LogP contribution is -2.43. The fourth-order valence-electron chi connectivity index (χ4n) is 2.91. The molecule has 0 aromatic heterocycles. The monoisotopic (exact) mass is 415 g/mol. The molecule has 0 unspecified atom stereocenters. The Hall–Kier alpha value is -2.62. The van der Waals surface area contributed by atoms with Crippen LogP contribution in [0.5, 0.6) is 5.75 Å². The molecule has 1 aliphatic rings. The first-order valence-electron chi connectivity index (χ1n) is 9.16. The van der Waals surface area contributed by atoms with Gasteiger partial charge in [0.05, 0.1) is 19.0 Å². The first-order chi connectivity index (χ1) is 13.5. The number of alkyl halides is 3. The number of hydrogen-bond donors (Lipinski definition) is 1. The number of likely N-dealkylation sites (tertiary alicyclic amines) is 1. The predicted octanol–water partition coefficient (Wildman–Crippen LogP) is 2.63. The minimum Gasteiger partial charge on any atom is -0.406 e. The van der Waals surface area contributed by atoms with Crippen LogP contribution in [-0.4, -0.2) is 60.1 Å². The number of hydrogen-bond acceptors (Lipinski definition) is 5. The van der Waals surface area contributed by atoms with E-state index in [-0.39, 0.29) is 30.5 Å². The van der Waals surface area contributed by atoms with Gasteiger partial charge in [-0.2, -0.15) is 0 Å². The largest absolute Gasteiger partial charge is 0.573 e. The Balaban J connectivity index is 1.89. The molecule has 1 atom stereocenters.